The summed E-state index contributed by atoms with van der Waals surface area (Å²) in [6, 6.07) is 15.7. The van der Waals surface area contributed by atoms with E-state index in [1.54, 1.807) is 25.1 Å². The molecule has 0 radical (unpaired) electrons. The first-order valence-electron chi connectivity index (χ1n) is 11.1. The number of amides is 1. The fourth-order valence-electron chi connectivity index (χ4n) is 3.90. The van der Waals surface area contributed by atoms with Crippen molar-refractivity contribution in [1.29, 1.82) is 0 Å². The third-order valence-corrected chi connectivity index (χ3v) is 6.96. The van der Waals surface area contributed by atoms with Gasteiger partial charge >= 0.3 is 0 Å². The molecule has 0 aliphatic rings. The van der Waals surface area contributed by atoms with Crippen LogP contribution in [-0.2, 0) is 16.6 Å². The number of nitrogens with zero attached hydrogens (tertiary/aromatic N) is 3. The standard InChI is InChI=1S/C25H27N5O3S/c1-4-5-16-30-22-9-7-6-8-21(22)18(3)23(30)24(31)28-19-10-12-20(13-11-19)34(32,33)29-25-26-15-14-17(2)27-25/h6-15H,4-5,16H2,1-3H3,(H,28,31)(H,26,27,29). The summed E-state index contributed by atoms with van der Waals surface area (Å²) in [6.07, 6.45) is 3.47. The van der Waals surface area contributed by atoms with Crippen LogP contribution in [0, 0.1) is 13.8 Å². The third-order valence-electron chi connectivity index (χ3n) is 5.62. The number of para-hydroxylation sites is 1. The molecule has 0 saturated carbocycles. The SMILES string of the molecule is CCCCn1c(C(=O)Nc2ccc(S(=O)(=O)Nc3nccc(C)n3)cc2)c(C)c2ccccc21. The number of anilines is 2. The van der Waals surface area contributed by atoms with Crippen LogP contribution < -0.4 is 10.0 Å². The first-order chi connectivity index (χ1) is 16.3. The summed E-state index contributed by atoms with van der Waals surface area (Å²) >= 11 is 0. The van der Waals surface area contributed by atoms with Crippen LogP contribution in [0.3, 0.4) is 0 Å². The molecule has 4 aromatic rings. The van der Waals surface area contributed by atoms with Gasteiger partial charge in [0.15, 0.2) is 0 Å². The molecule has 2 aromatic heterocycles. The van der Waals surface area contributed by atoms with E-state index in [1.165, 1.54) is 18.3 Å². The van der Waals surface area contributed by atoms with E-state index in [1.807, 2.05) is 31.2 Å². The van der Waals surface area contributed by atoms with Gasteiger partial charge in [0.1, 0.15) is 5.69 Å². The van der Waals surface area contributed by atoms with Crippen LogP contribution in [0.2, 0.25) is 0 Å². The highest BCUT2D eigenvalue weighted by Gasteiger charge is 2.21. The molecule has 2 N–H and O–H groups in total. The van der Waals surface area contributed by atoms with Crippen molar-refractivity contribution in [3.05, 3.63) is 77.7 Å². The smallest absolute Gasteiger partial charge is 0.272 e. The van der Waals surface area contributed by atoms with Crippen molar-refractivity contribution in [2.24, 2.45) is 0 Å². The average molecular weight is 478 g/mol. The van der Waals surface area contributed by atoms with Gasteiger partial charge in [0, 0.05) is 35.0 Å². The van der Waals surface area contributed by atoms with Gasteiger partial charge in [-0.15, -0.1) is 0 Å². The number of rotatable bonds is 8. The number of nitrogens with one attached hydrogen (secondary N) is 2. The molecule has 0 fully saturated rings. The number of aromatic nitrogens is 3. The maximum absolute atomic E-state index is 13.3. The number of carbonyl (C=O) groups is 1. The predicted molar refractivity (Wildman–Crippen MR) is 134 cm³/mol. The van der Waals surface area contributed by atoms with Gasteiger partial charge in [-0.1, -0.05) is 31.5 Å². The summed E-state index contributed by atoms with van der Waals surface area (Å²) in [5, 5.41) is 3.96. The van der Waals surface area contributed by atoms with Gasteiger partial charge in [-0.25, -0.2) is 23.1 Å². The minimum Gasteiger partial charge on any atom is -0.336 e. The van der Waals surface area contributed by atoms with E-state index in [4.69, 9.17) is 0 Å². The van der Waals surface area contributed by atoms with Crippen LogP contribution in [0.25, 0.3) is 10.9 Å². The van der Waals surface area contributed by atoms with Gasteiger partial charge in [0.2, 0.25) is 5.95 Å². The van der Waals surface area contributed by atoms with E-state index < -0.39 is 10.0 Å². The first kappa shape index (κ1) is 23.4. The molecular formula is C25H27N5O3S. The summed E-state index contributed by atoms with van der Waals surface area (Å²) < 4.78 is 29.8. The molecule has 0 bridgehead atoms. The fourth-order valence-corrected chi connectivity index (χ4v) is 4.85. The Bertz CT molecular complexity index is 1440. The zero-order valence-corrected chi connectivity index (χ0v) is 20.2. The summed E-state index contributed by atoms with van der Waals surface area (Å²) in [7, 11) is -3.86. The number of carbonyl (C=O) groups excluding carboxylic acids is 1. The second kappa shape index (κ2) is 9.64. The lowest BCUT2D eigenvalue weighted by atomic mass is 10.1. The summed E-state index contributed by atoms with van der Waals surface area (Å²) in [6.45, 7) is 6.57. The number of sulfonamides is 1. The Hall–Kier alpha value is -3.72. The summed E-state index contributed by atoms with van der Waals surface area (Å²) in [4.78, 5) is 21.3. The van der Waals surface area contributed by atoms with Gasteiger partial charge in [-0.3, -0.25) is 4.79 Å². The number of hydrogen-bond acceptors (Lipinski definition) is 5. The van der Waals surface area contributed by atoms with Crippen LogP contribution in [0.4, 0.5) is 11.6 Å². The topological polar surface area (TPSA) is 106 Å². The van der Waals surface area contributed by atoms with Gasteiger partial charge in [0.25, 0.3) is 15.9 Å². The molecule has 2 aromatic carbocycles. The third kappa shape index (κ3) is 4.79. The summed E-state index contributed by atoms with van der Waals surface area (Å²) in [5.41, 5.74) is 3.72. The Morgan fingerprint density at radius 1 is 1.03 bits per heavy atom. The molecular weight excluding hydrogens is 450 g/mol. The molecule has 0 aliphatic carbocycles. The number of aryl methyl sites for hydroxylation is 3. The van der Waals surface area contributed by atoms with Crippen molar-refractivity contribution in [2.45, 2.75) is 45.1 Å². The quantitative estimate of drug-likeness (QED) is 0.375. The molecule has 0 spiro atoms. The molecule has 0 atom stereocenters. The molecule has 1 amide bonds. The minimum atomic E-state index is -3.86. The van der Waals surface area contributed by atoms with Gasteiger partial charge in [-0.2, -0.15) is 0 Å². The Morgan fingerprint density at radius 3 is 2.47 bits per heavy atom. The van der Waals surface area contributed by atoms with Gasteiger partial charge in [-0.05, 0) is 62.2 Å². The molecule has 0 saturated heterocycles. The number of unbranched alkanes of at least 4 members (excludes halogenated alkanes) is 1. The predicted octanol–water partition coefficient (Wildman–Crippen LogP) is 4.90. The van der Waals surface area contributed by atoms with E-state index in [2.05, 4.69) is 31.5 Å². The fraction of sp³-hybridized carbons (Fsp3) is 0.240. The molecule has 9 heteroatoms. The van der Waals surface area contributed by atoms with E-state index in [-0.39, 0.29) is 16.8 Å². The van der Waals surface area contributed by atoms with Gasteiger partial charge in [0.05, 0.1) is 4.90 Å². The largest absolute Gasteiger partial charge is 0.336 e. The van der Waals surface area contributed by atoms with Crippen molar-refractivity contribution in [3.8, 4) is 0 Å². The van der Waals surface area contributed by atoms with Crippen molar-refractivity contribution in [3.63, 3.8) is 0 Å². The zero-order valence-electron chi connectivity index (χ0n) is 19.4. The van der Waals surface area contributed by atoms with E-state index in [9.17, 15) is 13.2 Å². The lowest BCUT2D eigenvalue weighted by Gasteiger charge is -2.12. The first-order valence-corrected chi connectivity index (χ1v) is 12.6. The molecule has 4 rings (SSSR count). The highest BCUT2D eigenvalue weighted by molar-refractivity contribution is 7.92. The highest BCUT2D eigenvalue weighted by atomic mass is 32.2. The maximum atomic E-state index is 13.3. The second-order valence-corrected chi connectivity index (χ2v) is 9.78. The van der Waals surface area contributed by atoms with Crippen LogP contribution in [0.15, 0.2) is 65.7 Å². The van der Waals surface area contributed by atoms with Crippen molar-refractivity contribution >= 4 is 38.5 Å². The molecule has 0 aliphatic heterocycles. The minimum absolute atomic E-state index is 0.00719. The number of benzene rings is 2. The Balaban J connectivity index is 1.57. The van der Waals surface area contributed by atoms with E-state index in [0.717, 1.165) is 35.9 Å². The second-order valence-electron chi connectivity index (χ2n) is 8.10. The lowest BCUT2D eigenvalue weighted by Crippen LogP contribution is -2.19. The van der Waals surface area contributed by atoms with E-state index in [0.29, 0.717) is 17.1 Å². The van der Waals surface area contributed by atoms with Crippen molar-refractivity contribution in [1.82, 2.24) is 14.5 Å². The average Bonchev–Trinajstić information content (AvgIpc) is 3.09. The van der Waals surface area contributed by atoms with Crippen molar-refractivity contribution in [2.75, 3.05) is 10.0 Å². The van der Waals surface area contributed by atoms with Crippen molar-refractivity contribution < 1.29 is 13.2 Å². The number of fused-ring (bicyclic) bond motifs is 1. The van der Waals surface area contributed by atoms with Crippen LogP contribution in [0.1, 0.15) is 41.5 Å². The van der Waals surface area contributed by atoms with Crippen LogP contribution in [-0.4, -0.2) is 28.9 Å². The Kier molecular flexibility index (Phi) is 6.65. The molecule has 0 unspecified atom stereocenters. The zero-order chi connectivity index (χ0) is 24.3. The summed E-state index contributed by atoms with van der Waals surface area (Å²) in [5.74, 6) is -0.223. The van der Waals surface area contributed by atoms with Gasteiger partial charge < -0.3 is 9.88 Å². The normalized spacial score (nSPS) is 11.5. The van der Waals surface area contributed by atoms with Crippen LogP contribution >= 0.6 is 0 Å². The monoisotopic (exact) mass is 477 g/mol. The lowest BCUT2D eigenvalue weighted by molar-refractivity contribution is 0.101. The molecule has 2 heterocycles. The van der Waals surface area contributed by atoms with E-state index >= 15 is 0 Å². The highest BCUT2D eigenvalue weighted by Crippen LogP contribution is 2.27. The van der Waals surface area contributed by atoms with Crippen LogP contribution in [0.5, 0.6) is 0 Å². The maximum Gasteiger partial charge on any atom is 0.272 e. The molecule has 176 valence electrons. The molecule has 34 heavy (non-hydrogen) atoms. The number of hydrogen-bond donors (Lipinski definition) is 2. The Labute approximate surface area is 199 Å². The Morgan fingerprint density at radius 2 is 1.76 bits per heavy atom. The molecule has 8 nitrogen and oxygen atoms in total.